The van der Waals surface area contributed by atoms with Gasteiger partial charge in [0.15, 0.2) is 6.61 Å². The Hall–Kier alpha value is -2.57. The zero-order valence-electron chi connectivity index (χ0n) is 11.5. The SMILES string of the molecule is CCc1cccc(OCC(=O)N[C@H](CC(=O)O)C(=O)O)c1. The number of rotatable bonds is 8. The lowest BCUT2D eigenvalue weighted by Crippen LogP contribution is -2.44. The van der Waals surface area contributed by atoms with Crippen LogP contribution >= 0.6 is 0 Å². The highest BCUT2D eigenvalue weighted by atomic mass is 16.5. The van der Waals surface area contributed by atoms with E-state index in [1.54, 1.807) is 18.2 Å². The number of benzene rings is 1. The Labute approximate surface area is 121 Å². The number of hydrogen-bond acceptors (Lipinski definition) is 4. The van der Waals surface area contributed by atoms with Crippen LogP contribution in [0.25, 0.3) is 0 Å². The molecule has 3 N–H and O–H groups in total. The molecule has 0 aliphatic carbocycles. The third kappa shape index (κ3) is 5.94. The molecular formula is C14H17NO6. The van der Waals surface area contributed by atoms with Gasteiger partial charge in [0, 0.05) is 0 Å². The first kappa shape index (κ1) is 16.5. The molecule has 0 aromatic heterocycles. The highest BCUT2D eigenvalue weighted by Gasteiger charge is 2.23. The summed E-state index contributed by atoms with van der Waals surface area (Å²) in [4.78, 5) is 32.9. The number of amides is 1. The molecule has 114 valence electrons. The summed E-state index contributed by atoms with van der Waals surface area (Å²) in [6, 6.07) is 5.69. The predicted molar refractivity (Wildman–Crippen MR) is 73.1 cm³/mol. The maximum atomic E-state index is 11.6. The van der Waals surface area contributed by atoms with Crippen molar-refractivity contribution >= 4 is 17.8 Å². The number of carbonyl (C=O) groups is 3. The Balaban J connectivity index is 2.52. The lowest BCUT2D eigenvalue weighted by atomic mass is 10.2. The Kier molecular flexibility index (Phi) is 6.19. The van der Waals surface area contributed by atoms with Crippen molar-refractivity contribution in [1.82, 2.24) is 5.32 Å². The van der Waals surface area contributed by atoms with Crippen molar-refractivity contribution in [3.05, 3.63) is 29.8 Å². The number of carbonyl (C=O) groups excluding carboxylic acids is 1. The first-order chi connectivity index (χ1) is 9.92. The molecule has 0 aliphatic rings. The molecule has 0 bridgehead atoms. The van der Waals surface area contributed by atoms with Gasteiger partial charge >= 0.3 is 11.9 Å². The molecule has 1 aromatic carbocycles. The zero-order chi connectivity index (χ0) is 15.8. The smallest absolute Gasteiger partial charge is 0.326 e. The fourth-order valence-electron chi connectivity index (χ4n) is 1.61. The predicted octanol–water partition coefficient (Wildman–Crippen LogP) is 0.672. The number of nitrogens with one attached hydrogen (secondary N) is 1. The number of ether oxygens (including phenoxy) is 1. The van der Waals surface area contributed by atoms with Crippen LogP contribution in [0.3, 0.4) is 0 Å². The second-order valence-electron chi connectivity index (χ2n) is 4.35. The van der Waals surface area contributed by atoms with Gasteiger partial charge in [-0.2, -0.15) is 0 Å². The molecule has 0 saturated carbocycles. The second-order valence-corrected chi connectivity index (χ2v) is 4.35. The largest absolute Gasteiger partial charge is 0.484 e. The van der Waals surface area contributed by atoms with Gasteiger partial charge in [-0.15, -0.1) is 0 Å². The fraction of sp³-hybridized carbons (Fsp3) is 0.357. The Morgan fingerprint density at radius 2 is 2.00 bits per heavy atom. The van der Waals surface area contributed by atoms with Gasteiger partial charge in [0.2, 0.25) is 0 Å². The number of carboxylic acids is 2. The summed E-state index contributed by atoms with van der Waals surface area (Å²) in [5, 5.41) is 19.5. The molecule has 1 aromatic rings. The van der Waals surface area contributed by atoms with E-state index in [2.05, 4.69) is 5.32 Å². The van der Waals surface area contributed by atoms with Crippen LogP contribution in [0, 0.1) is 0 Å². The van der Waals surface area contributed by atoms with Gasteiger partial charge in [0.25, 0.3) is 5.91 Å². The lowest BCUT2D eigenvalue weighted by Gasteiger charge is -2.13. The summed E-state index contributed by atoms with van der Waals surface area (Å²) in [6.07, 6.45) is 0.134. The van der Waals surface area contributed by atoms with Crippen molar-refractivity contribution < 1.29 is 29.3 Å². The standard InChI is InChI=1S/C14H17NO6/c1-2-9-4-3-5-10(6-9)21-8-12(16)15-11(14(19)20)7-13(17)18/h3-6,11H,2,7-8H2,1H3,(H,15,16)(H,17,18)(H,19,20)/t11-/m1/s1. The van der Waals surface area contributed by atoms with E-state index in [1.165, 1.54) is 0 Å². The number of aryl methyl sites for hydroxylation is 1. The maximum absolute atomic E-state index is 11.6. The molecule has 0 fully saturated rings. The van der Waals surface area contributed by atoms with E-state index in [4.69, 9.17) is 14.9 Å². The highest BCUT2D eigenvalue weighted by Crippen LogP contribution is 2.13. The first-order valence-corrected chi connectivity index (χ1v) is 6.38. The van der Waals surface area contributed by atoms with Gasteiger partial charge < -0.3 is 20.3 Å². The quantitative estimate of drug-likeness (QED) is 0.649. The topological polar surface area (TPSA) is 113 Å². The molecule has 0 spiro atoms. The monoisotopic (exact) mass is 295 g/mol. The summed E-state index contributed by atoms with van der Waals surface area (Å²) >= 11 is 0. The highest BCUT2D eigenvalue weighted by molar-refractivity contribution is 5.87. The van der Waals surface area contributed by atoms with Crippen LogP contribution in [-0.2, 0) is 20.8 Å². The summed E-state index contributed by atoms with van der Waals surface area (Å²) in [5.41, 5.74) is 1.04. The number of aliphatic carboxylic acids is 2. The van der Waals surface area contributed by atoms with Crippen LogP contribution in [0.2, 0.25) is 0 Å². The van der Waals surface area contributed by atoms with Crippen LogP contribution in [0.4, 0.5) is 0 Å². The van der Waals surface area contributed by atoms with E-state index in [0.717, 1.165) is 12.0 Å². The van der Waals surface area contributed by atoms with Gasteiger partial charge in [-0.05, 0) is 24.1 Å². The van der Waals surface area contributed by atoms with E-state index in [9.17, 15) is 14.4 Å². The van der Waals surface area contributed by atoms with Crippen molar-refractivity contribution in [2.75, 3.05) is 6.61 Å². The van der Waals surface area contributed by atoms with E-state index >= 15 is 0 Å². The Morgan fingerprint density at radius 1 is 1.29 bits per heavy atom. The van der Waals surface area contributed by atoms with Crippen LogP contribution in [0.15, 0.2) is 24.3 Å². The van der Waals surface area contributed by atoms with E-state index in [0.29, 0.717) is 5.75 Å². The minimum absolute atomic E-state index is 0.378. The molecule has 7 nitrogen and oxygen atoms in total. The van der Waals surface area contributed by atoms with Crippen LogP contribution in [-0.4, -0.2) is 40.7 Å². The molecular weight excluding hydrogens is 278 g/mol. The van der Waals surface area contributed by atoms with E-state index < -0.39 is 30.3 Å². The molecule has 0 saturated heterocycles. The third-order valence-corrected chi connectivity index (χ3v) is 2.69. The molecule has 0 radical (unpaired) electrons. The normalized spacial score (nSPS) is 11.5. The van der Waals surface area contributed by atoms with E-state index in [-0.39, 0.29) is 6.61 Å². The van der Waals surface area contributed by atoms with Crippen molar-refractivity contribution in [2.24, 2.45) is 0 Å². The molecule has 1 atom stereocenters. The summed E-state index contributed by atoms with van der Waals surface area (Å²) in [7, 11) is 0. The molecule has 1 amide bonds. The molecule has 0 unspecified atom stereocenters. The van der Waals surface area contributed by atoms with Crippen molar-refractivity contribution in [1.29, 1.82) is 0 Å². The third-order valence-electron chi connectivity index (χ3n) is 2.69. The average Bonchev–Trinajstić information content (AvgIpc) is 2.44. The van der Waals surface area contributed by atoms with Crippen LogP contribution in [0.1, 0.15) is 18.9 Å². The van der Waals surface area contributed by atoms with Crippen LogP contribution < -0.4 is 10.1 Å². The lowest BCUT2D eigenvalue weighted by molar-refractivity contribution is -0.147. The number of hydrogen-bond donors (Lipinski definition) is 3. The Bertz CT molecular complexity index is 528. The van der Waals surface area contributed by atoms with Crippen molar-refractivity contribution in [2.45, 2.75) is 25.8 Å². The van der Waals surface area contributed by atoms with Crippen LogP contribution in [0.5, 0.6) is 5.75 Å². The minimum atomic E-state index is -1.47. The van der Waals surface area contributed by atoms with Gasteiger partial charge in [-0.25, -0.2) is 4.79 Å². The minimum Gasteiger partial charge on any atom is -0.484 e. The summed E-state index contributed by atoms with van der Waals surface area (Å²) < 4.78 is 5.24. The van der Waals surface area contributed by atoms with Gasteiger partial charge in [0.1, 0.15) is 11.8 Å². The van der Waals surface area contributed by atoms with Crippen molar-refractivity contribution in [3.63, 3.8) is 0 Å². The molecule has 0 heterocycles. The van der Waals surface area contributed by atoms with Gasteiger partial charge in [0.05, 0.1) is 6.42 Å². The number of carboxylic acid groups (broad SMARTS) is 2. The maximum Gasteiger partial charge on any atom is 0.326 e. The zero-order valence-corrected chi connectivity index (χ0v) is 11.5. The molecule has 1 rings (SSSR count). The summed E-state index contributed by atoms with van der Waals surface area (Å²) in [6.45, 7) is 1.60. The molecule has 0 aliphatic heterocycles. The molecule has 7 heteroatoms. The van der Waals surface area contributed by atoms with Crippen molar-refractivity contribution in [3.8, 4) is 5.75 Å². The second kappa shape index (κ2) is 7.88. The van der Waals surface area contributed by atoms with Gasteiger partial charge in [-0.3, -0.25) is 9.59 Å². The van der Waals surface area contributed by atoms with Gasteiger partial charge in [-0.1, -0.05) is 19.1 Å². The summed E-state index contributed by atoms with van der Waals surface area (Å²) in [5.74, 6) is -2.90. The fourth-order valence-corrected chi connectivity index (χ4v) is 1.61. The first-order valence-electron chi connectivity index (χ1n) is 6.38. The molecule has 21 heavy (non-hydrogen) atoms. The Morgan fingerprint density at radius 3 is 2.57 bits per heavy atom. The average molecular weight is 295 g/mol. The van der Waals surface area contributed by atoms with E-state index in [1.807, 2.05) is 13.0 Å².